The zero-order valence-electron chi connectivity index (χ0n) is 23.1. The van der Waals surface area contributed by atoms with E-state index in [2.05, 4.69) is 10.6 Å². The quantitative estimate of drug-likeness (QED) is 0.266. The maximum atomic E-state index is 13.1. The second kappa shape index (κ2) is 13.1. The van der Waals surface area contributed by atoms with Gasteiger partial charge in [-0.15, -0.1) is 0 Å². The van der Waals surface area contributed by atoms with Crippen molar-refractivity contribution in [1.82, 2.24) is 10.6 Å². The number of hydrogen-bond acceptors (Lipinski definition) is 7. The van der Waals surface area contributed by atoms with Crippen LogP contribution in [0.4, 0.5) is 4.79 Å². The fourth-order valence-corrected chi connectivity index (χ4v) is 3.56. The van der Waals surface area contributed by atoms with E-state index in [9.17, 15) is 14.4 Å². The Kier molecular flexibility index (Phi) is 10.5. The number of aromatic nitrogens is 1. The summed E-state index contributed by atoms with van der Waals surface area (Å²) in [5, 5.41) is 6.41. The molecule has 0 spiro atoms. The average Bonchev–Trinajstić information content (AvgIpc) is 2.82. The summed E-state index contributed by atoms with van der Waals surface area (Å²) in [6.45, 7) is 9.58. The molecule has 1 aromatic heterocycles. The molecule has 1 atom stereocenters. The largest absolute Gasteiger partial charge is 0.493 e. The summed E-state index contributed by atoms with van der Waals surface area (Å²) in [4.78, 5) is 36.9. The predicted molar refractivity (Wildman–Crippen MR) is 139 cm³/mol. The van der Waals surface area contributed by atoms with Crippen molar-refractivity contribution < 1.29 is 37.9 Å². The number of carbonyl (C=O) groups is 3. The molecule has 2 rings (SSSR count). The van der Waals surface area contributed by atoms with E-state index in [1.807, 2.05) is 37.6 Å². The highest BCUT2D eigenvalue weighted by Gasteiger charge is 2.22. The number of fused-ring (bicyclic) bond motifs is 1. The van der Waals surface area contributed by atoms with Crippen LogP contribution < -0.4 is 24.7 Å². The van der Waals surface area contributed by atoms with Crippen molar-refractivity contribution in [2.45, 2.75) is 59.1 Å². The van der Waals surface area contributed by atoms with Gasteiger partial charge >= 0.3 is 12.1 Å². The third-order valence-corrected chi connectivity index (χ3v) is 5.59. The number of hydrogen-bond donors (Lipinski definition) is 2. The van der Waals surface area contributed by atoms with Gasteiger partial charge in [0.2, 0.25) is 5.52 Å². The van der Waals surface area contributed by atoms with Crippen LogP contribution in [-0.4, -0.2) is 57.0 Å². The lowest BCUT2D eigenvalue weighted by molar-refractivity contribution is -0.645. The van der Waals surface area contributed by atoms with Crippen LogP contribution in [0.15, 0.2) is 24.4 Å². The number of rotatable bonds is 11. The van der Waals surface area contributed by atoms with E-state index >= 15 is 0 Å². The number of ether oxygens (including phenoxy) is 4. The second-order valence-corrected chi connectivity index (χ2v) is 10.1. The van der Waals surface area contributed by atoms with Crippen LogP contribution in [0.1, 0.15) is 57.8 Å². The van der Waals surface area contributed by atoms with Gasteiger partial charge in [0.15, 0.2) is 17.7 Å². The lowest BCUT2D eigenvalue weighted by atomic mass is 10.0. The van der Waals surface area contributed by atoms with Crippen LogP contribution >= 0.6 is 0 Å². The van der Waals surface area contributed by atoms with Gasteiger partial charge in [0.05, 0.1) is 31.7 Å². The van der Waals surface area contributed by atoms with E-state index in [1.54, 1.807) is 47.3 Å². The summed E-state index contributed by atoms with van der Waals surface area (Å²) in [6, 6.07) is 5.09. The van der Waals surface area contributed by atoms with E-state index < -0.39 is 17.7 Å². The van der Waals surface area contributed by atoms with Gasteiger partial charge < -0.3 is 29.6 Å². The van der Waals surface area contributed by atoms with Gasteiger partial charge in [-0.25, -0.2) is 9.36 Å². The molecule has 0 aliphatic rings. The molecule has 2 aromatic rings. The van der Waals surface area contributed by atoms with Crippen molar-refractivity contribution in [3.63, 3.8) is 0 Å². The van der Waals surface area contributed by atoms with Gasteiger partial charge in [-0.1, -0.05) is 13.8 Å². The molecule has 10 heteroatoms. The second-order valence-electron chi connectivity index (χ2n) is 10.1. The summed E-state index contributed by atoms with van der Waals surface area (Å²) in [5.74, 6) is 0.530. The van der Waals surface area contributed by atoms with Gasteiger partial charge in [0.25, 0.3) is 5.91 Å². The highest BCUT2D eigenvalue weighted by Crippen LogP contribution is 2.31. The fourth-order valence-electron chi connectivity index (χ4n) is 3.56. The minimum atomic E-state index is -0.579. The molecule has 0 aliphatic heterocycles. The lowest BCUT2D eigenvalue weighted by Crippen LogP contribution is -2.43. The van der Waals surface area contributed by atoms with Crippen molar-refractivity contribution in [1.29, 1.82) is 0 Å². The molecule has 2 N–H and O–H groups in total. The molecule has 37 heavy (non-hydrogen) atoms. The number of nitrogens with zero attached hydrogens (tertiary/aromatic N) is 1. The Hall–Kier alpha value is -3.56. The molecule has 1 aromatic carbocycles. The number of benzene rings is 1. The van der Waals surface area contributed by atoms with Crippen LogP contribution in [0, 0.1) is 5.92 Å². The molecular formula is C27H40N3O7+. The van der Waals surface area contributed by atoms with E-state index in [-0.39, 0.29) is 30.9 Å². The number of methoxy groups -OCH3 is 2. The number of alkyl carbamates (subject to hydrolysis) is 1. The molecule has 204 valence electrons. The van der Waals surface area contributed by atoms with Crippen molar-refractivity contribution in [3.8, 4) is 11.5 Å². The first kappa shape index (κ1) is 29.7. The predicted octanol–water partition coefficient (Wildman–Crippen LogP) is 3.28. The first-order valence-electron chi connectivity index (χ1n) is 12.3. The third-order valence-electron chi connectivity index (χ3n) is 5.59. The molecule has 0 bridgehead atoms. The number of nitrogens with one attached hydrogen (secondary N) is 2. The van der Waals surface area contributed by atoms with Gasteiger partial charge in [0, 0.05) is 13.0 Å². The molecule has 1 unspecified atom stereocenters. The van der Waals surface area contributed by atoms with Gasteiger partial charge in [-0.2, -0.15) is 0 Å². The molecule has 2 amide bonds. The van der Waals surface area contributed by atoms with E-state index in [4.69, 9.17) is 18.9 Å². The Morgan fingerprint density at radius 2 is 1.68 bits per heavy atom. The van der Waals surface area contributed by atoms with Gasteiger partial charge in [-0.3, -0.25) is 9.59 Å². The highest BCUT2D eigenvalue weighted by molar-refractivity contribution is 5.97. The Bertz CT molecular complexity index is 1110. The zero-order valence-corrected chi connectivity index (χ0v) is 23.1. The monoisotopic (exact) mass is 518 g/mol. The summed E-state index contributed by atoms with van der Waals surface area (Å²) < 4.78 is 23.2. The lowest BCUT2D eigenvalue weighted by Gasteiger charge is -2.22. The van der Waals surface area contributed by atoms with Crippen LogP contribution in [0.2, 0.25) is 0 Å². The minimum Gasteiger partial charge on any atom is -0.493 e. The highest BCUT2D eigenvalue weighted by atomic mass is 16.6. The van der Waals surface area contributed by atoms with Crippen LogP contribution in [-0.2, 0) is 21.3 Å². The van der Waals surface area contributed by atoms with Gasteiger partial charge in [0.1, 0.15) is 24.8 Å². The Morgan fingerprint density at radius 3 is 2.27 bits per heavy atom. The maximum Gasteiger partial charge on any atom is 0.407 e. The number of esters is 1. The normalized spacial score (nSPS) is 12.1. The Balaban J connectivity index is 1.95. The standard InChI is InChI=1S/C27H39N3O7/c1-17(2)20(16-36-24(31)10-9-11-28-26(33)37-27(3,4)5)29-25(32)19-12-18-13-22(34-7)23(35-8)14-21(18)30(6)15-19/h12-15,17,20H,9-11,16H2,1-8H3,(H-,28,29,32,33)/p+1. The number of aryl methyl sites for hydroxylation is 1. The molecule has 0 fully saturated rings. The van der Waals surface area contributed by atoms with Crippen molar-refractivity contribution in [3.05, 3.63) is 30.0 Å². The van der Waals surface area contributed by atoms with Gasteiger partial charge in [-0.05, 0) is 45.2 Å². The SMILES string of the molecule is COc1cc2cc(C(=O)NC(COC(=O)CCCNC(=O)OC(C)(C)C)C(C)C)c[n+](C)c2cc1OC. The molecule has 10 nitrogen and oxygen atoms in total. The number of amides is 2. The van der Waals surface area contributed by atoms with Crippen LogP contribution in [0.5, 0.6) is 11.5 Å². The van der Waals surface area contributed by atoms with E-state index in [0.717, 1.165) is 10.9 Å². The van der Waals surface area contributed by atoms with Crippen LogP contribution in [0.3, 0.4) is 0 Å². The topological polar surface area (TPSA) is 116 Å². The summed E-state index contributed by atoms with van der Waals surface area (Å²) >= 11 is 0. The molecular weight excluding hydrogens is 478 g/mol. The number of carbonyl (C=O) groups excluding carboxylic acids is 3. The van der Waals surface area contributed by atoms with E-state index in [1.165, 1.54) is 0 Å². The smallest absolute Gasteiger partial charge is 0.407 e. The zero-order chi connectivity index (χ0) is 27.8. The average molecular weight is 519 g/mol. The molecule has 0 saturated heterocycles. The molecule has 1 heterocycles. The molecule has 0 aliphatic carbocycles. The summed E-state index contributed by atoms with van der Waals surface area (Å²) in [7, 11) is 4.99. The molecule has 0 radical (unpaired) electrons. The van der Waals surface area contributed by atoms with Crippen LogP contribution in [0.25, 0.3) is 10.9 Å². The van der Waals surface area contributed by atoms with Crippen molar-refractivity contribution >= 4 is 28.9 Å². The van der Waals surface area contributed by atoms with E-state index in [0.29, 0.717) is 30.0 Å². The Labute approximate surface area is 218 Å². The van der Waals surface area contributed by atoms with Crippen molar-refractivity contribution in [2.75, 3.05) is 27.4 Å². The minimum absolute atomic E-state index is 0.0316. The summed E-state index contributed by atoms with van der Waals surface area (Å²) in [5.41, 5.74) is 0.765. The fraction of sp³-hybridized carbons (Fsp3) is 0.556. The maximum absolute atomic E-state index is 13.1. The third kappa shape index (κ3) is 9.11. The molecule has 0 saturated carbocycles. The van der Waals surface area contributed by atoms with Crippen molar-refractivity contribution in [2.24, 2.45) is 13.0 Å². The number of pyridine rings is 1. The Morgan fingerprint density at radius 1 is 1.03 bits per heavy atom. The first-order valence-corrected chi connectivity index (χ1v) is 12.3. The first-order chi connectivity index (χ1) is 17.3. The summed E-state index contributed by atoms with van der Waals surface area (Å²) in [6.07, 6.45) is 1.77.